The quantitative estimate of drug-likeness (QED) is 0.727. The molecule has 5 nitrogen and oxygen atoms in total. The Morgan fingerprint density at radius 3 is 2.28 bits per heavy atom. The second kappa shape index (κ2) is 7.72. The van der Waals surface area contributed by atoms with Gasteiger partial charge in [0.1, 0.15) is 6.04 Å². The van der Waals surface area contributed by atoms with Crippen molar-refractivity contribution >= 4 is 17.5 Å². The van der Waals surface area contributed by atoms with Crippen LogP contribution in [0.15, 0.2) is 79.6 Å². The highest BCUT2D eigenvalue weighted by Gasteiger charge is 2.36. The van der Waals surface area contributed by atoms with Crippen molar-refractivity contribution in [2.24, 2.45) is 0 Å². The summed E-state index contributed by atoms with van der Waals surface area (Å²) in [6.45, 7) is 6.12. The van der Waals surface area contributed by atoms with E-state index in [1.165, 1.54) is 4.90 Å². The summed E-state index contributed by atoms with van der Waals surface area (Å²) in [4.78, 5) is 30.9. The number of hydrogen-bond donors (Lipinski definition) is 1. The van der Waals surface area contributed by atoms with Crippen LogP contribution in [0.5, 0.6) is 0 Å². The first-order chi connectivity index (χ1) is 14.1. The molecule has 0 fully saturated rings. The monoisotopic (exact) mass is 383 g/mol. The van der Waals surface area contributed by atoms with Crippen LogP contribution in [0, 0.1) is 0 Å². The third-order valence-corrected chi connectivity index (χ3v) is 5.18. The van der Waals surface area contributed by atoms with E-state index in [1.54, 1.807) is 25.4 Å². The van der Waals surface area contributed by atoms with E-state index in [2.05, 4.69) is 16.9 Å². The lowest BCUT2D eigenvalue weighted by Crippen LogP contribution is -2.44. The van der Waals surface area contributed by atoms with Gasteiger partial charge in [-0.25, -0.2) is 0 Å². The van der Waals surface area contributed by atoms with Gasteiger partial charge >= 0.3 is 0 Å². The highest BCUT2D eigenvalue weighted by atomic mass is 16.2. The van der Waals surface area contributed by atoms with Gasteiger partial charge in [0.25, 0.3) is 5.91 Å². The molecule has 29 heavy (non-hydrogen) atoms. The Kier molecular flexibility index (Phi) is 4.96. The average Bonchev–Trinajstić information content (AvgIpc) is 3.03. The van der Waals surface area contributed by atoms with Crippen LogP contribution in [0.3, 0.4) is 0 Å². The lowest BCUT2D eigenvalue weighted by molar-refractivity contribution is -0.124. The first kappa shape index (κ1) is 18.6. The van der Waals surface area contributed by atoms with Crippen LogP contribution in [-0.2, 0) is 11.3 Å². The lowest BCUT2D eigenvalue weighted by atomic mass is 10.1. The molecule has 3 aromatic rings. The van der Waals surface area contributed by atoms with Gasteiger partial charge in [-0.3, -0.25) is 19.5 Å². The molecule has 1 aromatic heterocycles. The highest BCUT2D eigenvalue weighted by Crippen LogP contribution is 2.32. The van der Waals surface area contributed by atoms with Crippen LogP contribution >= 0.6 is 0 Å². The maximum Gasteiger partial charge on any atom is 0.259 e. The molecule has 1 unspecified atom stereocenters. The van der Waals surface area contributed by atoms with Gasteiger partial charge < -0.3 is 5.32 Å². The molecule has 1 atom stereocenters. The minimum atomic E-state index is -0.640. The molecule has 2 aromatic carbocycles. The Balaban J connectivity index is 1.40. The Morgan fingerprint density at radius 2 is 1.62 bits per heavy atom. The van der Waals surface area contributed by atoms with Gasteiger partial charge in [-0.2, -0.15) is 0 Å². The molecule has 0 bridgehead atoms. The van der Waals surface area contributed by atoms with E-state index in [4.69, 9.17) is 0 Å². The third-order valence-electron chi connectivity index (χ3n) is 5.18. The van der Waals surface area contributed by atoms with Gasteiger partial charge in [-0.05, 0) is 41.8 Å². The van der Waals surface area contributed by atoms with Gasteiger partial charge in [-0.1, -0.05) is 49.0 Å². The van der Waals surface area contributed by atoms with Gasteiger partial charge in [0.15, 0.2) is 0 Å². The largest absolute Gasteiger partial charge is 0.350 e. The average molecular weight is 383 g/mol. The van der Waals surface area contributed by atoms with Crippen molar-refractivity contribution in [1.29, 1.82) is 0 Å². The maximum absolute atomic E-state index is 12.7. The molecule has 0 radical (unpaired) electrons. The van der Waals surface area contributed by atoms with Gasteiger partial charge in [-0.15, -0.1) is 0 Å². The molecule has 2 heterocycles. The molecule has 5 heteroatoms. The molecule has 0 aliphatic carbocycles. The van der Waals surface area contributed by atoms with E-state index in [1.807, 2.05) is 54.6 Å². The zero-order valence-electron chi connectivity index (χ0n) is 16.1. The Morgan fingerprint density at radius 1 is 1.00 bits per heavy atom. The van der Waals surface area contributed by atoms with E-state index in [-0.39, 0.29) is 11.8 Å². The summed E-state index contributed by atoms with van der Waals surface area (Å²) in [5.41, 5.74) is 5.10. The molecule has 1 aliphatic heterocycles. The molecule has 0 saturated carbocycles. The van der Waals surface area contributed by atoms with E-state index < -0.39 is 6.04 Å². The van der Waals surface area contributed by atoms with Crippen LogP contribution in [0.25, 0.3) is 16.8 Å². The van der Waals surface area contributed by atoms with E-state index in [0.717, 1.165) is 22.3 Å². The summed E-state index contributed by atoms with van der Waals surface area (Å²) in [5.74, 6) is -0.402. The highest BCUT2D eigenvalue weighted by molar-refractivity contribution is 6.10. The van der Waals surface area contributed by atoms with Gasteiger partial charge in [0, 0.05) is 35.8 Å². The standard InChI is InChI=1S/C24H21N3O2/c1-16-21-5-3-4-6-22(21)24(29)27(16)17(2)23(28)26-15-18-7-9-19(10-8-18)20-11-13-25-14-12-20/h3-14,17H,1,15H2,2H3,(H,26,28). The predicted molar refractivity (Wildman–Crippen MR) is 113 cm³/mol. The Bertz CT molecular complexity index is 1040. The van der Waals surface area contributed by atoms with Gasteiger partial charge in [0.2, 0.25) is 5.91 Å². The minimum Gasteiger partial charge on any atom is -0.350 e. The van der Waals surface area contributed by atoms with Crippen LogP contribution in [0.4, 0.5) is 0 Å². The fourth-order valence-electron chi connectivity index (χ4n) is 3.53. The number of nitrogens with one attached hydrogen (secondary N) is 1. The van der Waals surface area contributed by atoms with Crippen LogP contribution in [-0.4, -0.2) is 27.7 Å². The molecular formula is C24H21N3O2. The number of hydrogen-bond acceptors (Lipinski definition) is 3. The van der Waals surface area contributed by atoms with Crippen molar-refractivity contribution in [2.75, 3.05) is 0 Å². The molecule has 1 N–H and O–H groups in total. The van der Waals surface area contributed by atoms with E-state index in [0.29, 0.717) is 17.8 Å². The van der Waals surface area contributed by atoms with Crippen molar-refractivity contribution < 1.29 is 9.59 Å². The second-order valence-corrected chi connectivity index (χ2v) is 6.99. The molecule has 0 spiro atoms. The third kappa shape index (κ3) is 3.55. The summed E-state index contributed by atoms with van der Waals surface area (Å²) < 4.78 is 0. The smallest absolute Gasteiger partial charge is 0.259 e. The van der Waals surface area contributed by atoms with Crippen molar-refractivity contribution in [3.63, 3.8) is 0 Å². The minimum absolute atomic E-state index is 0.185. The zero-order chi connectivity index (χ0) is 20.4. The number of pyridine rings is 1. The molecule has 1 aliphatic rings. The van der Waals surface area contributed by atoms with Crippen molar-refractivity contribution in [3.8, 4) is 11.1 Å². The first-order valence-corrected chi connectivity index (χ1v) is 9.45. The normalized spacial score (nSPS) is 13.9. The summed E-state index contributed by atoms with van der Waals surface area (Å²) in [6.07, 6.45) is 3.52. The number of fused-ring (bicyclic) bond motifs is 1. The predicted octanol–water partition coefficient (Wildman–Crippen LogP) is 3.88. The molecular weight excluding hydrogens is 362 g/mol. The Labute approximate surface area is 169 Å². The van der Waals surface area contributed by atoms with Crippen molar-refractivity contribution in [1.82, 2.24) is 15.2 Å². The fraction of sp³-hybridized carbons (Fsp3) is 0.125. The van der Waals surface area contributed by atoms with E-state index in [9.17, 15) is 9.59 Å². The summed E-state index contributed by atoms with van der Waals surface area (Å²) in [5, 5.41) is 2.92. The number of amides is 2. The lowest BCUT2D eigenvalue weighted by Gasteiger charge is -2.24. The molecule has 2 amide bonds. The topological polar surface area (TPSA) is 62.3 Å². The van der Waals surface area contributed by atoms with Crippen LogP contribution in [0.1, 0.15) is 28.4 Å². The summed E-state index contributed by atoms with van der Waals surface area (Å²) in [7, 11) is 0. The number of nitrogens with zero attached hydrogens (tertiary/aromatic N) is 2. The number of rotatable bonds is 5. The van der Waals surface area contributed by atoms with Crippen molar-refractivity contribution in [2.45, 2.75) is 19.5 Å². The van der Waals surface area contributed by atoms with Gasteiger partial charge in [0.05, 0.1) is 0 Å². The van der Waals surface area contributed by atoms with Crippen LogP contribution in [0.2, 0.25) is 0 Å². The molecule has 144 valence electrons. The van der Waals surface area contributed by atoms with Crippen LogP contribution < -0.4 is 5.32 Å². The summed E-state index contributed by atoms with van der Waals surface area (Å²) >= 11 is 0. The number of carbonyl (C=O) groups is 2. The second-order valence-electron chi connectivity index (χ2n) is 6.99. The first-order valence-electron chi connectivity index (χ1n) is 9.45. The van der Waals surface area contributed by atoms with E-state index >= 15 is 0 Å². The zero-order valence-corrected chi connectivity index (χ0v) is 16.1. The Hall–Kier alpha value is -3.73. The number of carbonyl (C=O) groups excluding carboxylic acids is 2. The van der Waals surface area contributed by atoms with Crippen molar-refractivity contribution in [3.05, 3.63) is 96.3 Å². The SMILES string of the molecule is C=C1c2ccccc2C(=O)N1C(C)C(=O)NCc1ccc(-c2ccncc2)cc1. The fourth-order valence-corrected chi connectivity index (χ4v) is 3.53. The molecule has 0 saturated heterocycles. The number of aromatic nitrogens is 1. The summed E-state index contributed by atoms with van der Waals surface area (Å²) in [6, 6.07) is 18.6. The molecule has 4 rings (SSSR count). The maximum atomic E-state index is 12.7. The number of benzene rings is 2.